The van der Waals surface area contributed by atoms with E-state index >= 15 is 0 Å². The number of nitrogens with two attached hydrogens (primary N) is 1. The number of thiazole rings is 1. The summed E-state index contributed by atoms with van der Waals surface area (Å²) >= 11 is 1.41. The Kier molecular flexibility index (Phi) is 5.23. The Morgan fingerprint density at radius 2 is 2.09 bits per heavy atom. The summed E-state index contributed by atoms with van der Waals surface area (Å²) in [6.45, 7) is 5.65. The number of carbonyl (C=O) groups excluding carboxylic acids is 1. The molecule has 2 atom stereocenters. The lowest BCUT2D eigenvalue weighted by Crippen LogP contribution is -2.43. The maximum atomic E-state index is 11.8. The molecule has 1 amide bonds. The van der Waals surface area contributed by atoms with Crippen molar-refractivity contribution in [2.24, 2.45) is 5.73 Å². The van der Waals surface area contributed by atoms with Gasteiger partial charge in [-0.2, -0.15) is 0 Å². The van der Waals surface area contributed by atoms with Crippen molar-refractivity contribution in [2.45, 2.75) is 38.8 Å². The first-order valence-corrected chi connectivity index (χ1v) is 7.92. The summed E-state index contributed by atoms with van der Waals surface area (Å²) in [4.78, 5) is 20.5. The molecule has 0 aromatic carbocycles. The van der Waals surface area contributed by atoms with Gasteiger partial charge in [-0.25, -0.2) is 4.98 Å². The maximum Gasteiger partial charge on any atom is 0.245 e. The average molecular weight is 320 g/mol. The first-order chi connectivity index (χ1) is 10.4. The van der Waals surface area contributed by atoms with Crippen LogP contribution in [0.4, 0.5) is 5.82 Å². The van der Waals surface area contributed by atoms with Gasteiger partial charge < -0.3 is 16.2 Å². The number of hydrogen-bond acceptors (Lipinski definition) is 6. The predicted molar refractivity (Wildman–Crippen MR) is 87.7 cm³/mol. The van der Waals surface area contributed by atoms with E-state index in [9.17, 15) is 9.90 Å². The Morgan fingerprint density at radius 1 is 1.36 bits per heavy atom. The van der Waals surface area contributed by atoms with Gasteiger partial charge in [-0.1, -0.05) is 13.8 Å². The van der Waals surface area contributed by atoms with Crippen LogP contribution >= 0.6 is 11.3 Å². The first kappa shape index (κ1) is 16.5. The molecule has 0 aliphatic heterocycles. The number of pyridine rings is 1. The Balaban J connectivity index is 2.09. The highest BCUT2D eigenvalue weighted by atomic mass is 32.1. The molecule has 7 heteroatoms. The van der Waals surface area contributed by atoms with Crippen LogP contribution in [-0.4, -0.2) is 33.1 Å². The molecule has 0 unspecified atom stereocenters. The van der Waals surface area contributed by atoms with Gasteiger partial charge in [0.25, 0.3) is 0 Å². The smallest absolute Gasteiger partial charge is 0.245 e. The number of amides is 1. The molecule has 118 valence electrons. The minimum atomic E-state index is -0.975. The molecule has 0 fully saturated rings. The molecule has 2 aromatic heterocycles. The molecule has 0 saturated carbocycles. The maximum absolute atomic E-state index is 11.8. The van der Waals surface area contributed by atoms with Gasteiger partial charge in [-0.05, 0) is 25.0 Å². The minimum absolute atomic E-state index is 0.377. The fourth-order valence-corrected chi connectivity index (χ4v) is 2.51. The summed E-state index contributed by atoms with van der Waals surface area (Å²) in [7, 11) is 0. The fourth-order valence-electron chi connectivity index (χ4n) is 1.77. The lowest BCUT2D eigenvalue weighted by atomic mass is 10.1. The van der Waals surface area contributed by atoms with Crippen molar-refractivity contribution in [3.8, 4) is 10.6 Å². The van der Waals surface area contributed by atoms with Gasteiger partial charge in [0.15, 0.2) is 0 Å². The molecule has 4 N–H and O–H groups in total. The van der Waals surface area contributed by atoms with Crippen molar-refractivity contribution in [2.75, 3.05) is 5.32 Å². The van der Waals surface area contributed by atoms with Crippen molar-refractivity contribution >= 4 is 23.1 Å². The molecule has 2 aromatic rings. The lowest BCUT2D eigenvalue weighted by Gasteiger charge is -2.13. The van der Waals surface area contributed by atoms with E-state index in [0.717, 1.165) is 16.3 Å². The Hall–Kier alpha value is -1.83. The number of anilines is 1. The largest absolute Gasteiger partial charge is 0.391 e. The second-order valence-electron chi connectivity index (χ2n) is 5.42. The first-order valence-electron chi connectivity index (χ1n) is 7.05. The Bertz CT molecular complexity index is 637. The van der Waals surface area contributed by atoms with Crippen LogP contribution in [0.15, 0.2) is 23.7 Å². The third-order valence-corrected chi connectivity index (χ3v) is 4.09. The average Bonchev–Trinajstić information content (AvgIpc) is 2.94. The number of carbonyl (C=O) groups is 1. The van der Waals surface area contributed by atoms with Crippen LogP contribution in [0.1, 0.15) is 32.4 Å². The predicted octanol–water partition coefficient (Wildman–Crippen LogP) is 1.98. The van der Waals surface area contributed by atoms with E-state index < -0.39 is 18.1 Å². The van der Waals surface area contributed by atoms with Crippen molar-refractivity contribution in [1.82, 2.24) is 9.97 Å². The van der Waals surface area contributed by atoms with Crippen LogP contribution in [0.5, 0.6) is 0 Å². The number of aromatic nitrogens is 2. The van der Waals surface area contributed by atoms with Crippen LogP contribution in [0.25, 0.3) is 10.6 Å². The summed E-state index contributed by atoms with van der Waals surface area (Å²) in [6.07, 6.45) is 0.868. The lowest BCUT2D eigenvalue weighted by molar-refractivity contribution is -0.119. The summed E-state index contributed by atoms with van der Waals surface area (Å²) in [5, 5.41) is 14.4. The van der Waals surface area contributed by atoms with Gasteiger partial charge in [0.1, 0.15) is 16.9 Å². The van der Waals surface area contributed by atoms with Crippen LogP contribution in [-0.2, 0) is 4.79 Å². The summed E-state index contributed by atoms with van der Waals surface area (Å²) in [6, 6.07) is 2.97. The number of nitrogens with one attached hydrogen (secondary N) is 1. The number of rotatable bonds is 5. The number of aliphatic hydroxyl groups excluding tert-OH is 1. The van der Waals surface area contributed by atoms with E-state index in [0.29, 0.717) is 11.7 Å². The zero-order chi connectivity index (χ0) is 16.3. The Labute approximate surface area is 133 Å². The molecule has 0 aliphatic carbocycles. The number of aliphatic hydroxyl groups is 1. The number of hydrogen-bond donors (Lipinski definition) is 3. The van der Waals surface area contributed by atoms with E-state index in [4.69, 9.17) is 5.73 Å². The van der Waals surface area contributed by atoms with Crippen LogP contribution in [0, 0.1) is 0 Å². The standard InChI is InChI=1S/C15H20N4O2S/c1-8(2)11-5-4-10(6-17-11)15-19-12(7-22-15)18-14(21)13(16)9(3)20/h4-9,13,20H,16H2,1-3H3,(H,18,21)/t9-,13-/m0/s1. The molecular formula is C15H20N4O2S. The molecule has 0 bridgehead atoms. The van der Waals surface area contributed by atoms with Crippen LogP contribution in [0.2, 0.25) is 0 Å². The second-order valence-corrected chi connectivity index (χ2v) is 6.28. The molecule has 2 heterocycles. The summed E-state index contributed by atoms with van der Waals surface area (Å²) in [5.41, 5.74) is 7.50. The third kappa shape index (κ3) is 3.88. The Morgan fingerprint density at radius 3 is 2.64 bits per heavy atom. The summed E-state index contributed by atoms with van der Waals surface area (Å²) < 4.78 is 0. The van der Waals surface area contributed by atoms with Gasteiger partial charge in [0, 0.05) is 22.8 Å². The molecule has 6 nitrogen and oxygen atoms in total. The topological polar surface area (TPSA) is 101 Å². The highest BCUT2D eigenvalue weighted by molar-refractivity contribution is 7.13. The van der Waals surface area contributed by atoms with Crippen molar-refractivity contribution in [3.05, 3.63) is 29.4 Å². The fraction of sp³-hybridized carbons (Fsp3) is 0.400. The van der Waals surface area contributed by atoms with Gasteiger partial charge >= 0.3 is 0 Å². The van der Waals surface area contributed by atoms with E-state index in [1.807, 2.05) is 12.1 Å². The second kappa shape index (κ2) is 6.95. The van der Waals surface area contributed by atoms with Gasteiger partial charge in [0.2, 0.25) is 5.91 Å². The number of nitrogens with zero attached hydrogens (tertiary/aromatic N) is 2. The van der Waals surface area contributed by atoms with Crippen LogP contribution < -0.4 is 11.1 Å². The monoisotopic (exact) mass is 320 g/mol. The van der Waals surface area contributed by atoms with E-state index in [1.54, 1.807) is 11.6 Å². The molecule has 0 saturated heterocycles. The van der Waals surface area contributed by atoms with Gasteiger partial charge in [-0.15, -0.1) is 11.3 Å². The SMILES string of the molecule is CC(C)c1ccc(-c2nc(NC(=O)[C@@H](N)[C@H](C)O)cs2)cn1. The molecule has 0 radical (unpaired) electrons. The van der Waals surface area contributed by atoms with Crippen molar-refractivity contribution in [1.29, 1.82) is 0 Å². The van der Waals surface area contributed by atoms with E-state index in [1.165, 1.54) is 18.3 Å². The van der Waals surface area contributed by atoms with Crippen molar-refractivity contribution in [3.63, 3.8) is 0 Å². The van der Waals surface area contributed by atoms with Gasteiger partial charge in [0.05, 0.1) is 6.10 Å². The molecular weight excluding hydrogens is 300 g/mol. The normalized spacial score (nSPS) is 13.9. The zero-order valence-electron chi connectivity index (χ0n) is 12.8. The van der Waals surface area contributed by atoms with Crippen LogP contribution in [0.3, 0.4) is 0 Å². The quantitative estimate of drug-likeness (QED) is 0.782. The highest BCUT2D eigenvalue weighted by Crippen LogP contribution is 2.26. The summed E-state index contributed by atoms with van der Waals surface area (Å²) in [5.74, 6) is 0.344. The van der Waals surface area contributed by atoms with E-state index in [-0.39, 0.29) is 0 Å². The third-order valence-electron chi connectivity index (χ3n) is 3.20. The molecule has 22 heavy (non-hydrogen) atoms. The molecule has 0 spiro atoms. The van der Waals surface area contributed by atoms with Gasteiger partial charge in [-0.3, -0.25) is 9.78 Å². The van der Waals surface area contributed by atoms with Crippen molar-refractivity contribution < 1.29 is 9.90 Å². The molecule has 0 aliphatic rings. The zero-order valence-corrected chi connectivity index (χ0v) is 13.6. The minimum Gasteiger partial charge on any atom is -0.391 e. The van der Waals surface area contributed by atoms with E-state index in [2.05, 4.69) is 29.1 Å². The molecule has 2 rings (SSSR count). The highest BCUT2D eigenvalue weighted by Gasteiger charge is 2.19.